The summed E-state index contributed by atoms with van der Waals surface area (Å²) in [6.07, 6.45) is 1.46. The van der Waals surface area contributed by atoms with Crippen molar-refractivity contribution in [3.05, 3.63) is 71.6 Å². The fraction of sp³-hybridized carbons (Fsp3) is 0.0556. The number of ether oxygens (including phenoxy) is 1. The lowest BCUT2D eigenvalue weighted by molar-refractivity contribution is 0.0996. The van der Waals surface area contributed by atoms with Crippen LogP contribution in [0, 0.1) is 0 Å². The molecule has 6 heteroatoms. The molecule has 0 fully saturated rings. The van der Waals surface area contributed by atoms with Crippen LogP contribution < -0.4 is 15.4 Å². The molecule has 5 nitrogen and oxygen atoms in total. The summed E-state index contributed by atoms with van der Waals surface area (Å²) >= 11 is 6.02. The Balaban J connectivity index is 1.71. The maximum Gasteiger partial charge on any atom is 0.291 e. The SMILES string of the molecule is COc1ccc(Cl)cc1Nc1ccc(NC(=O)c2ccco2)cc1. The molecular weight excluding hydrogens is 328 g/mol. The molecule has 3 rings (SSSR count). The first-order valence-corrected chi connectivity index (χ1v) is 7.59. The van der Waals surface area contributed by atoms with Gasteiger partial charge in [-0.15, -0.1) is 0 Å². The lowest BCUT2D eigenvalue weighted by Gasteiger charge is -2.12. The molecule has 0 aliphatic heterocycles. The molecule has 0 bridgehead atoms. The van der Waals surface area contributed by atoms with Crippen LogP contribution in [0.25, 0.3) is 0 Å². The van der Waals surface area contributed by atoms with Crippen LogP contribution in [0.2, 0.25) is 5.02 Å². The Morgan fingerprint density at radius 3 is 2.50 bits per heavy atom. The molecular formula is C18H15ClN2O3. The van der Waals surface area contributed by atoms with Gasteiger partial charge in [-0.2, -0.15) is 0 Å². The second kappa shape index (κ2) is 7.10. The van der Waals surface area contributed by atoms with Crippen LogP contribution in [-0.2, 0) is 0 Å². The highest BCUT2D eigenvalue weighted by Crippen LogP contribution is 2.30. The van der Waals surface area contributed by atoms with Crippen LogP contribution in [-0.4, -0.2) is 13.0 Å². The number of nitrogens with one attached hydrogen (secondary N) is 2. The minimum absolute atomic E-state index is 0.265. The number of benzene rings is 2. The van der Waals surface area contributed by atoms with Gasteiger partial charge in [0.1, 0.15) is 5.75 Å². The number of hydrogen-bond acceptors (Lipinski definition) is 4. The minimum Gasteiger partial charge on any atom is -0.495 e. The van der Waals surface area contributed by atoms with E-state index in [1.165, 1.54) is 6.26 Å². The zero-order valence-corrected chi connectivity index (χ0v) is 13.6. The fourth-order valence-corrected chi connectivity index (χ4v) is 2.34. The fourth-order valence-electron chi connectivity index (χ4n) is 2.17. The normalized spacial score (nSPS) is 10.2. The van der Waals surface area contributed by atoms with E-state index in [0.717, 1.165) is 11.4 Å². The number of halogens is 1. The van der Waals surface area contributed by atoms with Gasteiger partial charge in [0.2, 0.25) is 0 Å². The molecule has 0 atom stereocenters. The van der Waals surface area contributed by atoms with Gasteiger partial charge in [0, 0.05) is 16.4 Å². The monoisotopic (exact) mass is 342 g/mol. The van der Waals surface area contributed by atoms with Gasteiger partial charge in [0.25, 0.3) is 5.91 Å². The van der Waals surface area contributed by atoms with Crippen LogP contribution in [0.3, 0.4) is 0 Å². The number of carbonyl (C=O) groups is 1. The first-order chi connectivity index (χ1) is 11.7. The minimum atomic E-state index is -0.294. The Hall–Kier alpha value is -2.92. The lowest BCUT2D eigenvalue weighted by atomic mass is 10.2. The molecule has 122 valence electrons. The number of amides is 1. The zero-order chi connectivity index (χ0) is 16.9. The average molecular weight is 343 g/mol. The van der Waals surface area contributed by atoms with Crippen molar-refractivity contribution in [2.45, 2.75) is 0 Å². The van der Waals surface area contributed by atoms with Gasteiger partial charge in [0.05, 0.1) is 19.1 Å². The van der Waals surface area contributed by atoms with Crippen molar-refractivity contribution in [1.82, 2.24) is 0 Å². The van der Waals surface area contributed by atoms with Gasteiger partial charge < -0.3 is 19.8 Å². The topological polar surface area (TPSA) is 63.5 Å². The smallest absolute Gasteiger partial charge is 0.291 e. The number of hydrogen-bond donors (Lipinski definition) is 2. The molecule has 1 heterocycles. The van der Waals surface area contributed by atoms with E-state index in [1.807, 2.05) is 12.1 Å². The molecule has 1 amide bonds. The third kappa shape index (κ3) is 3.70. The van der Waals surface area contributed by atoms with Crippen molar-refractivity contribution >= 4 is 34.6 Å². The number of methoxy groups -OCH3 is 1. The van der Waals surface area contributed by atoms with E-state index in [-0.39, 0.29) is 11.7 Å². The van der Waals surface area contributed by atoms with Gasteiger partial charge in [-0.1, -0.05) is 11.6 Å². The molecule has 0 radical (unpaired) electrons. The number of carbonyl (C=O) groups excluding carboxylic acids is 1. The summed E-state index contributed by atoms with van der Waals surface area (Å²) in [6.45, 7) is 0. The van der Waals surface area contributed by atoms with E-state index >= 15 is 0 Å². The van der Waals surface area contributed by atoms with Crippen LogP contribution in [0.5, 0.6) is 5.75 Å². The highest BCUT2D eigenvalue weighted by atomic mass is 35.5. The molecule has 1 aromatic heterocycles. The Kier molecular flexibility index (Phi) is 4.72. The van der Waals surface area contributed by atoms with Crippen LogP contribution >= 0.6 is 11.6 Å². The Morgan fingerprint density at radius 2 is 1.83 bits per heavy atom. The largest absolute Gasteiger partial charge is 0.495 e. The predicted octanol–water partition coefficient (Wildman–Crippen LogP) is 4.94. The summed E-state index contributed by atoms with van der Waals surface area (Å²) in [6, 6.07) is 15.9. The maximum absolute atomic E-state index is 11.9. The van der Waals surface area contributed by atoms with Crippen molar-refractivity contribution in [3.8, 4) is 5.75 Å². The standard InChI is InChI=1S/C18H15ClN2O3/c1-23-16-9-4-12(19)11-15(16)20-13-5-7-14(8-6-13)21-18(22)17-3-2-10-24-17/h2-11,20H,1H3,(H,21,22). The van der Waals surface area contributed by atoms with E-state index in [2.05, 4.69) is 10.6 Å². The van der Waals surface area contributed by atoms with Gasteiger partial charge in [-0.3, -0.25) is 4.79 Å². The van der Waals surface area contributed by atoms with Crippen molar-refractivity contribution in [3.63, 3.8) is 0 Å². The van der Waals surface area contributed by atoms with Gasteiger partial charge in [-0.05, 0) is 54.6 Å². The van der Waals surface area contributed by atoms with E-state index in [1.54, 1.807) is 49.6 Å². The highest BCUT2D eigenvalue weighted by Gasteiger charge is 2.09. The van der Waals surface area contributed by atoms with Gasteiger partial charge >= 0.3 is 0 Å². The molecule has 0 aliphatic rings. The molecule has 2 N–H and O–H groups in total. The second-order valence-electron chi connectivity index (χ2n) is 4.98. The third-order valence-corrected chi connectivity index (χ3v) is 3.56. The van der Waals surface area contributed by atoms with Gasteiger partial charge in [-0.25, -0.2) is 0 Å². The summed E-state index contributed by atoms with van der Waals surface area (Å²) < 4.78 is 10.4. The van der Waals surface area contributed by atoms with Crippen molar-refractivity contribution < 1.29 is 13.9 Å². The second-order valence-corrected chi connectivity index (χ2v) is 5.41. The third-order valence-electron chi connectivity index (χ3n) is 3.33. The van der Waals surface area contributed by atoms with Crippen LogP contribution in [0.4, 0.5) is 17.1 Å². The van der Waals surface area contributed by atoms with Gasteiger partial charge in [0.15, 0.2) is 5.76 Å². The lowest BCUT2D eigenvalue weighted by Crippen LogP contribution is -2.10. The Morgan fingerprint density at radius 1 is 1.08 bits per heavy atom. The zero-order valence-electron chi connectivity index (χ0n) is 12.9. The van der Waals surface area contributed by atoms with Crippen LogP contribution in [0.15, 0.2) is 65.3 Å². The Labute approximate surface area is 144 Å². The average Bonchev–Trinajstić information content (AvgIpc) is 3.11. The summed E-state index contributed by atoms with van der Waals surface area (Å²) in [7, 11) is 1.60. The molecule has 0 spiro atoms. The quantitative estimate of drug-likeness (QED) is 0.689. The summed E-state index contributed by atoms with van der Waals surface area (Å²) in [4.78, 5) is 11.9. The Bertz CT molecular complexity index is 830. The first-order valence-electron chi connectivity index (χ1n) is 7.21. The van der Waals surface area contributed by atoms with E-state index in [4.69, 9.17) is 20.8 Å². The molecule has 0 aliphatic carbocycles. The molecule has 24 heavy (non-hydrogen) atoms. The molecule has 0 saturated heterocycles. The maximum atomic E-state index is 11.9. The van der Waals surface area contributed by atoms with Crippen molar-refractivity contribution in [1.29, 1.82) is 0 Å². The van der Waals surface area contributed by atoms with E-state index in [9.17, 15) is 4.79 Å². The van der Waals surface area contributed by atoms with Crippen LogP contribution in [0.1, 0.15) is 10.6 Å². The molecule has 2 aromatic carbocycles. The predicted molar refractivity (Wildman–Crippen MR) is 94.4 cm³/mol. The number of furan rings is 1. The highest BCUT2D eigenvalue weighted by molar-refractivity contribution is 6.31. The summed E-state index contributed by atoms with van der Waals surface area (Å²) in [5, 5.41) is 6.60. The first kappa shape index (κ1) is 16.0. The molecule has 3 aromatic rings. The van der Waals surface area contributed by atoms with Crippen molar-refractivity contribution in [2.75, 3.05) is 17.7 Å². The van der Waals surface area contributed by atoms with E-state index in [0.29, 0.717) is 16.5 Å². The molecule has 0 saturated carbocycles. The number of rotatable bonds is 5. The van der Waals surface area contributed by atoms with Crippen molar-refractivity contribution in [2.24, 2.45) is 0 Å². The molecule has 0 unspecified atom stereocenters. The number of anilines is 3. The van der Waals surface area contributed by atoms with E-state index < -0.39 is 0 Å². The summed E-state index contributed by atoms with van der Waals surface area (Å²) in [5.41, 5.74) is 2.27. The summed E-state index contributed by atoms with van der Waals surface area (Å²) in [5.74, 6) is 0.660.